The molecule has 128 valence electrons. The Hall–Kier alpha value is -2.81. The van der Waals surface area contributed by atoms with Crippen LogP contribution in [0.15, 0.2) is 66.7 Å². The van der Waals surface area contributed by atoms with Gasteiger partial charge in [0.05, 0.1) is 0 Å². The quantitative estimate of drug-likeness (QED) is 0.684. The lowest BCUT2D eigenvalue weighted by atomic mass is 10.1. The summed E-state index contributed by atoms with van der Waals surface area (Å²) >= 11 is 0. The number of carbonyl (C=O) groups is 1. The third-order valence-corrected chi connectivity index (χ3v) is 4.30. The smallest absolute Gasteiger partial charge is 0.263 e. The lowest BCUT2D eigenvalue weighted by molar-refractivity contribution is -0.137. The average Bonchev–Trinajstić information content (AvgIpc) is 2.62. The molecule has 0 N–H and O–H groups in total. The van der Waals surface area contributed by atoms with Crippen molar-refractivity contribution in [3.8, 4) is 5.75 Å². The molecule has 3 nitrogen and oxygen atoms in total. The van der Waals surface area contributed by atoms with Gasteiger partial charge in [-0.25, -0.2) is 0 Å². The number of ether oxygens (including phenoxy) is 1. The fourth-order valence-electron chi connectivity index (χ4n) is 2.85. The van der Waals surface area contributed by atoms with E-state index < -0.39 is 6.10 Å². The number of likely N-dealkylation sites (N-methyl/N-ethyl adjacent to an activating group) is 1. The summed E-state index contributed by atoms with van der Waals surface area (Å²) in [5.74, 6) is 0.678. The van der Waals surface area contributed by atoms with Gasteiger partial charge >= 0.3 is 0 Å². The molecule has 0 aliphatic rings. The zero-order chi connectivity index (χ0) is 17.8. The molecule has 3 heteroatoms. The number of benzene rings is 3. The first-order chi connectivity index (χ1) is 12.0. The van der Waals surface area contributed by atoms with E-state index in [4.69, 9.17) is 4.74 Å². The SMILES string of the molecule is Cc1ccc(CN(C)C(=O)[C@@H](C)Oc2ccc3ccccc3c2)cc1. The Kier molecular flexibility index (Phi) is 5.03. The average molecular weight is 333 g/mol. The maximum Gasteiger partial charge on any atom is 0.263 e. The second-order valence-corrected chi connectivity index (χ2v) is 6.45. The topological polar surface area (TPSA) is 29.5 Å². The minimum absolute atomic E-state index is 0.0336. The van der Waals surface area contributed by atoms with E-state index in [9.17, 15) is 4.79 Å². The Balaban J connectivity index is 1.65. The highest BCUT2D eigenvalue weighted by Gasteiger charge is 2.19. The Morgan fingerprint density at radius 3 is 2.40 bits per heavy atom. The zero-order valence-electron chi connectivity index (χ0n) is 14.9. The van der Waals surface area contributed by atoms with Gasteiger partial charge in [-0.1, -0.05) is 60.2 Å². The van der Waals surface area contributed by atoms with Crippen LogP contribution in [0.2, 0.25) is 0 Å². The van der Waals surface area contributed by atoms with Gasteiger partial charge in [-0.15, -0.1) is 0 Å². The molecule has 0 saturated heterocycles. The maximum absolute atomic E-state index is 12.6. The van der Waals surface area contributed by atoms with Gasteiger partial charge in [0.1, 0.15) is 5.75 Å². The molecule has 0 heterocycles. The van der Waals surface area contributed by atoms with Gasteiger partial charge in [0, 0.05) is 13.6 Å². The van der Waals surface area contributed by atoms with Crippen LogP contribution in [0.3, 0.4) is 0 Å². The van der Waals surface area contributed by atoms with E-state index in [1.54, 1.807) is 11.8 Å². The number of hydrogen-bond donors (Lipinski definition) is 0. The van der Waals surface area contributed by atoms with Crippen LogP contribution in [-0.4, -0.2) is 24.0 Å². The minimum Gasteiger partial charge on any atom is -0.481 e. The molecule has 0 aromatic heterocycles. The lowest BCUT2D eigenvalue weighted by Gasteiger charge is -2.22. The predicted octanol–water partition coefficient (Wildman–Crippen LogP) is 4.57. The first kappa shape index (κ1) is 17.0. The zero-order valence-corrected chi connectivity index (χ0v) is 14.9. The van der Waals surface area contributed by atoms with Crippen molar-refractivity contribution < 1.29 is 9.53 Å². The molecule has 3 rings (SSSR count). The Morgan fingerprint density at radius 2 is 1.68 bits per heavy atom. The molecule has 25 heavy (non-hydrogen) atoms. The maximum atomic E-state index is 12.6. The molecule has 0 unspecified atom stereocenters. The summed E-state index contributed by atoms with van der Waals surface area (Å²) in [6.07, 6.45) is -0.531. The van der Waals surface area contributed by atoms with Crippen LogP contribution < -0.4 is 4.74 Å². The number of aryl methyl sites for hydroxylation is 1. The van der Waals surface area contributed by atoms with Crippen molar-refractivity contribution in [2.24, 2.45) is 0 Å². The Morgan fingerprint density at radius 1 is 1.00 bits per heavy atom. The molecule has 3 aromatic rings. The standard InChI is InChI=1S/C22H23NO2/c1-16-8-10-18(11-9-16)15-23(3)22(24)17(2)25-21-13-12-19-6-4-5-7-20(19)14-21/h4-14,17H,15H2,1-3H3/t17-/m1/s1. The number of hydrogen-bond acceptors (Lipinski definition) is 2. The largest absolute Gasteiger partial charge is 0.481 e. The third-order valence-electron chi connectivity index (χ3n) is 4.30. The van der Waals surface area contributed by atoms with E-state index in [-0.39, 0.29) is 5.91 Å². The van der Waals surface area contributed by atoms with Gasteiger partial charge in [-0.05, 0) is 42.3 Å². The van der Waals surface area contributed by atoms with Crippen molar-refractivity contribution in [1.29, 1.82) is 0 Å². The molecule has 1 amide bonds. The number of nitrogens with zero attached hydrogens (tertiary/aromatic N) is 1. The first-order valence-corrected chi connectivity index (χ1v) is 8.49. The predicted molar refractivity (Wildman–Crippen MR) is 102 cm³/mol. The molecular formula is C22H23NO2. The monoisotopic (exact) mass is 333 g/mol. The van der Waals surface area contributed by atoms with Crippen molar-refractivity contribution in [2.45, 2.75) is 26.5 Å². The molecule has 3 aromatic carbocycles. The summed E-state index contributed by atoms with van der Waals surface area (Å²) in [6.45, 7) is 4.42. The van der Waals surface area contributed by atoms with Gasteiger partial charge in [0.15, 0.2) is 6.10 Å². The van der Waals surface area contributed by atoms with Crippen LogP contribution in [-0.2, 0) is 11.3 Å². The van der Waals surface area contributed by atoms with E-state index in [0.29, 0.717) is 12.3 Å². The van der Waals surface area contributed by atoms with E-state index in [1.165, 1.54) is 5.56 Å². The molecule has 0 bridgehead atoms. The van der Waals surface area contributed by atoms with Gasteiger partial charge in [0.25, 0.3) is 5.91 Å². The highest BCUT2D eigenvalue weighted by molar-refractivity contribution is 5.84. The lowest BCUT2D eigenvalue weighted by Crippen LogP contribution is -2.37. The molecule has 0 radical (unpaired) electrons. The Labute approximate surface area is 148 Å². The van der Waals surface area contributed by atoms with Crippen molar-refractivity contribution in [3.63, 3.8) is 0 Å². The van der Waals surface area contributed by atoms with Crippen molar-refractivity contribution in [2.75, 3.05) is 7.05 Å². The van der Waals surface area contributed by atoms with E-state index in [2.05, 4.69) is 25.1 Å². The normalized spacial score (nSPS) is 12.0. The highest BCUT2D eigenvalue weighted by atomic mass is 16.5. The van der Waals surface area contributed by atoms with Crippen LogP contribution >= 0.6 is 0 Å². The summed E-state index contributed by atoms with van der Waals surface area (Å²) in [5, 5.41) is 2.26. The second kappa shape index (κ2) is 7.39. The van der Waals surface area contributed by atoms with Crippen LogP contribution in [0.25, 0.3) is 10.8 Å². The molecule has 0 spiro atoms. The highest BCUT2D eigenvalue weighted by Crippen LogP contribution is 2.21. The number of amides is 1. The number of fused-ring (bicyclic) bond motifs is 1. The molecule has 0 aliphatic carbocycles. The summed E-state index contributed by atoms with van der Waals surface area (Å²) in [7, 11) is 1.81. The second-order valence-electron chi connectivity index (χ2n) is 6.45. The fourth-order valence-corrected chi connectivity index (χ4v) is 2.85. The molecule has 0 saturated carbocycles. The van der Waals surface area contributed by atoms with E-state index >= 15 is 0 Å². The first-order valence-electron chi connectivity index (χ1n) is 8.49. The van der Waals surface area contributed by atoms with Gasteiger partial charge in [-0.2, -0.15) is 0 Å². The number of rotatable bonds is 5. The van der Waals surface area contributed by atoms with Crippen molar-refractivity contribution in [1.82, 2.24) is 4.90 Å². The fraction of sp³-hybridized carbons (Fsp3) is 0.227. The van der Waals surface area contributed by atoms with Crippen molar-refractivity contribution in [3.05, 3.63) is 77.9 Å². The molecule has 0 aliphatic heterocycles. The number of carbonyl (C=O) groups excluding carboxylic acids is 1. The Bertz CT molecular complexity index is 871. The summed E-state index contributed by atoms with van der Waals surface area (Å²) in [6, 6.07) is 22.2. The van der Waals surface area contributed by atoms with E-state index in [0.717, 1.165) is 16.3 Å². The van der Waals surface area contributed by atoms with Gasteiger partial charge < -0.3 is 9.64 Å². The van der Waals surface area contributed by atoms with E-state index in [1.807, 2.05) is 55.6 Å². The van der Waals surface area contributed by atoms with Crippen molar-refractivity contribution >= 4 is 16.7 Å². The summed E-state index contributed by atoms with van der Waals surface area (Å²) in [4.78, 5) is 14.3. The van der Waals surface area contributed by atoms with Gasteiger partial charge in [0.2, 0.25) is 0 Å². The molecule has 0 fully saturated rings. The molecule has 1 atom stereocenters. The van der Waals surface area contributed by atoms with Crippen LogP contribution in [0, 0.1) is 6.92 Å². The van der Waals surface area contributed by atoms with Crippen LogP contribution in [0.5, 0.6) is 5.75 Å². The summed E-state index contributed by atoms with van der Waals surface area (Å²) < 4.78 is 5.87. The third kappa shape index (κ3) is 4.18. The van der Waals surface area contributed by atoms with Crippen LogP contribution in [0.4, 0.5) is 0 Å². The summed E-state index contributed by atoms with van der Waals surface area (Å²) in [5.41, 5.74) is 2.32. The van der Waals surface area contributed by atoms with Gasteiger partial charge in [-0.3, -0.25) is 4.79 Å². The van der Waals surface area contributed by atoms with Crippen LogP contribution in [0.1, 0.15) is 18.1 Å². The minimum atomic E-state index is -0.531. The molecular weight excluding hydrogens is 310 g/mol.